The van der Waals surface area contributed by atoms with Crippen molar-refractivity contribution in [3.8, 4) is 11.1 Å². The fraction of sp³-hybridized carbons (Fsp3) is 0.263. The standard InChI is InChI=1S/C19H19Cl2NO2S2/c1-11-6-5-7-14(18(23)25)16(11)17-12(8-13(20)9-15(17)21)10-22-26(24)19(2,3)4/h5-10H,1-4H3,(H,23,25). The van der Waals surface area contributed by atoms with Gasteiger partial charge in [-0.15, -0.1) is 12.6 Å². The van der Waals surface area contributed by atoms with E-state index in [1.807, 2.05) is 33.8 Å². The van der Waals surface area contributed by atoms with Crippen LogP contribution in [-0.4, -0.2) is 20.6 Å². The van der Waals surface area contributed by atoms with Crippen LogP contribution in [0.4, 0.5) is 0 Å². The van der Waals surface area contributed by atoms with Gasteiger partial charge in [0.2, 0.25) is 5.12 Å². The van der Waals surface area contributed by atoms with E-state index in [2.05, 4.69) is 17.0 Å². The maximum atomic E-state index is 12.3. The number of nitrogens with zero attached hydrogens (tertiary/aromatic N) is 1. The number of thiol groups is 1. The molecular formula is C19H19Cl2NO2S2. The summed E-state index contributed by atoms with van der Waals surface area (Å²) in [6.07, 6.45) is 1.49. The first-order valence-corrected chi connectivity index (χ1v) is 10.1. The molecule has 0 aromatic heterocycles. The zero-order valence-corrected chi connectivity index (χ0v) is 18.1. The highest BCUT2D eigenvalue weighted by Gasteiger charge is 2.26. The molecule has 0 saturated carbocycles. The van der Waals surface area contributed by atoms with Crippen LogP contribution >= 0.6 is 35.8 Å². The summed E-state index contributed by atoms with van der Waals surface area (Å²) in [7, 11) is 0. The molecular weight excluding hydrogens is 409 g/mol. The van der Waals surface area contributed by atoms with Crippen LogP contribution in [0.2, 0.25) is 10.0 Å². The van der Waals surface area contributed by atoms with Crippen molar-refractivity contribution in [2.45, 2.75) is 32.4 Å². The quantitative estimate of drug-likeness (QED) is 0.373. The lowest BCUT2D eigenvalue weighted by atomic mass is 9.92. The van der Waals surface area contributed by atoms with Gasteiger partial charge < -0.3 is 4.55 Å². The van der Waals surface area contributed by atoms with Gasteiger partial charge in [0.25, 0.3) is 0 Å². The lowest BCUT2D eigenvalue weighted by molar-refractivity contribution is 0.109. The largest absolute Gasteiger partial charge is 0.591 e. The van der Waals surface area contributed by atoms with E-state index in [1.165, 1.54) is 6.21 Å². The SMILES string of the molecule is Cc1cccc(C(=O)S)c1-c1c(Cl)cc(Cl)cc1C=N[S+]([O-])C(C)(C)C. The number of carbonyl (C=O) groups is 1. The first-order valence-electron chi connectivity index (χ1n) is 7.80. The molecule has 0 aliphatic carbocycles. The van der Waals surface area contributed by atoms with Gasteiger partial charge in [-0.25, -0.2) is 0 Å². The van der Waals surface area contributed by atoms with Crippen LogP contribution < -0.4 is 0 Å². The van der Waals surface area contributed by atoms with Crippen molar-refractivity contribution in [3.63, 3.8) is 0 Å². The highest BCUT2D eigenvalue weighted by molar-refractivity contribution is 7.97. The Kier molecular flexibility index (Phi) is 6.86. The first kappa shape index (κ1) is 21.3. The van der Waals surface area contributed by atoms with E-state index in [4.69, 9.17) is 23.2 Å². The van der Waals surface area contributed by atoms with Crippen LogP contribution in [0.25, 0.3) is 11.1 Å². The van der Waals surface area contributed by atoms with Crippen molar-refractivity contribution in [2.75, 3.05) is 0 Å². The van der Waals surface area contributed by atoms with Crippen LogP contribution in [0, 0.1) is 6.92 Å². The Labute approximate surface area is 172 Å². The molecule has 0 aliphatic heterocycles. The third-order valence-electron chi connectivity index (χ3n) is 3.65. The number of benzene rings is 2. The van der Waals surface area contributed by atoms with Gasteiger partial charge in [0.05, 0.1) is 11.2 Å². The average molecular weight is 428 g/mol. The van der Waals surface area contributed by atoms with Crippen molar-refractivity contribution in [1.82, 2.24) is 0 Å². The van der Waals surface area contributed by atoms with Gasteiger partial charge in [-0.1, -0.05) is 39.7 Å². The molecule has 1 unspecified atom stereocenters. The van der Waals surface area contributed by atoms with Gasteiger partial charge in [-0.3, -0.25) is 4.79 Å². The average Bonchev–Trinajstić information content (AvgIpc) is 2.51. The van der Waals surface area contributed by atoms with Crippen LogP contribution in [-0.2, 0) is 11.4 Å². The van der Waals surface area contributed by atoms with Gasteiger partial charge in [-0.2, -0.15) is 0 Å². The van der Waals surface area contributed by atoms with Crippen molar-refractivity contribution in [2.24, 2.45) is 4.40 Å². The molecule has 0 aliphatic rings. The summed E-state index contributed by atoms with van der Waals surface area (Å²) in [6, 6.07) is 8.65. The number of carbonyl (C=O) groups excluding carboxylic acids is 1. The molecule has 2 rings (SSSR count). The predicted molar refractivity (Wildman–Crippen MR) is 115 cm³/mol. The molecule has 3 nitrogen and oxygen atoms in total. The molecule has 0 radical (unpaired) electrons. The van der Waals surface area contributed by atoms with E-state index < -0.39 is 16.1 Å². The molecule has 26 heavy (non-hydrogen) atoms. The lowest BCUT2D eigenvalue weighted by Gasteiger charge is -2.18. The van der Waals surface area contributed by atoms with Crippen LogP contribution in [0.3, 0.4) is 0 Å². The highest BCUT2D eigenvalue weighted by Crippen LogP contribution is 2.38. The smallest absolute Gasteiger partial charge is 0.216 e. The number of aryl methyl sites for hydroxylation is 1. The normalized spacial score (nSPS) is 13.2. The van der Waals surface area contributed by atoms with Gasteiger partial charge in [0, 0.05) is 21.7 Å². The van der Waals surface area contributed by atoms with E-state index in [0.29, 0.717) is 32.3 Å². The Balaban J connectivity index is 2.72. The van der Waals surface area contributed by atoms with Gasteiger partial charge >= 0.3 is 0 Å². The molecule has 0 bridgehead atoms. The molecule has 0 amide bonds. The second kappa shape index (κ2) is 8.36. The molecule has 2 aromatic carbocycles. The Morgan fingerprint density at radius 3 is 2.46 bits per heavy atom. The summed E-state index contributed by atoms with van der Waals surface area (Å²) in [5.74, 6) is 0. The third-order valence-corrected chi connectivity index (χ3v) is 5.75. The van der Waals surface area contributed by atoms with Crippen molar-refractivity contribution < 1.29 is 9.35 Å². The minimum Gasteiger partial charge on any atom is -0.591 e. The second-order valence-corrected chi connectivity index (χ2v) is 9.93. The number of hydrogen-bond donors (Lipinski definition) is 1. The molecule has 1 atom stereocenters. The maximum absolute atomic E-state index is 12.3. The minimum absolute atomic E-state index is 0.365. The third kappa shape index (κ3) is 4.84. The second-order valence-electron chi connectivity index (χ2n) is 6.75. The Morgan fingerprint density at radius 2 is 1.88 bits per heavy atom. The Bertz CT molecular complexity index is 877. The molecule has 0 heterocycles. The Morgan fingerprint density at radius 1 is 1.23 bits per heavy atom. The molecule has 0 saturated heterocycles. The number of hydrogen-bond acceptors (Lipinski definition) is 3. The van der Waals surface area contributed by atoms with Crippen molar-refractivity contribution in [3.05, 3.63) is 57.1 Å². The first-order chi connectivity index (χ1) is 12.0. The van der Waals surface area contributed by atoms with E-state index in [-0.39, 0.29) is 5.12 Å². The summed E-state index contributed by atoms with van der Waals surface area (Å²) in [5, 5.41) is 0.440. The van der Waals surface area contributed by atoms with Crippen LogP contribution in [0.15, 0.2) is 34.7 Å². The predicted octanol–water partition coefficient (Wildman–Crippen LogP) is 5.92. The summed E-state index contributed by atoms with van der Waals surface area (Å²) in [6.45, 7) is 7.40. The fourth-order valence-corrected chi connectivity index (χ4v) is 3.72. The number of rotatable bonds is 4. The van der Waals surface area contributed by atoms with E-state index in [1.54, 1.807) is 24.3 Å². The zero-order chi connectivity index (χ0) is 19.6. The Hall–Kier alpha value is -0.980. The van der Waals surface area contributed by atoms with E-state index in [0.717, 1.165) is 5.56 Å². The summed E-state index contributed by atoms with van der Waals surface area (Å²) < 4.78 is 16.0. The van der Waals surface area contributed by atoms with E-state index in [9.17, 15) is 9.35 Å². The van der Waals surface area contributed by atoms with Crippen LogP contribution in [0.1, 0.15) is 42.3 Å². The minimum atomic E-state index is -1.43. The van der Waals surface area contributed by atoms with Gasteiger partial charge in [0.1, 0.15) is 16.1 Å². The molecule has 2 aromatic rings. The molecule has 0 fully saturated rings. The molecule has 7 heteroatoms. The lowest BCUT2D eigenvalue weighted by Crippen LogP contribution is -2.25. The van der Waals surface area contributed by atoms with Crippen molar-refractivity contribution >= 4 is 58.5 Å². The summed E-state index contributed by atoms with van der Waals surface area (Å²) in [5.41, 5.74) is 3.16. The zero-order valence-electron chi connectivity index (χ0n) is 14.8. The maximum Gasteiger partial charge on any atom is 0.216 e. The summed E-state index contributed by atoms with van der Waals surface area (Å²) in [4.78, 5) is 12.0. The fourth-order valence-electron chi connectivity index (χ4n) is 2.40. The van der Waals surface area contributed by atoms with Crippen LogP contribution in [0.5, 0.6) is 0 Å². The molecule has 0 N–H and O–H groups in total. The highest BCUT2D eigenvalue weighted by atomic mass is 35.5. The number of halogens is 2. The van der Waals surface area contributed by atoms with E-state index >= 15 is 0 Å². The van der Waals surface area contributed by atoms with Gasteiger partial charge in [0.15, 0.2) is 0 Å². The topological polar surface area (TPSA) is 52.5 Å². The molecule has 0 spiro atoms. The van der Waals surface area contributed by atoms with Gasteiger partial charge in [-0.05, 0) is 57.0 Å². The van der Waals surface area contributed by atoms with Crippen molar-refractivity contribution in [1.29, 1.82) is 0 Å². The molecule has 138 valence electrons. The summed E-state index contributed by atoms with van der Waals surface area (Å²) >= 11 is 15.2. The monoisotopic (exact) mass is 427 g/mol.